The highest BCUT2D eigenvalue weighted by Gasteiger charge is 2.21. The predicted molar refractivity (Wildman–Crippen MR) is 147 cm³/mol. The Morgan fingerprint density at radius 1 is 0.919 bits per heavy atom. The Kier molecular flexibility index (Phi) is 7.87. The Morgan fingerprint density at radius 2 is 1.65 bits per heavy atom. The van der Waals surface area contributed by atoms with Crippen LogP contribution in [0.5, 0.6) is 5.75 Å². The fourth-order valence-corrected chi connectivity index (χ4v) is 4.41. The molecule has 190 valence electrons. The molecule has 0 fully saturated rings. The number of benzene rings is 3. The topological polar surface area (TPSA) is 68.7 Å². The van der Waals surface area contributed by atoms with Gasteiger partial charge in [0, 0.05) is 18.0 Å². The van der Waals surface area contributed by atoms with Crippen molar-refractivity contribution in [2.24, 2.45) is 5.92 Å². The standard InChI is InChI=1S/C31H32N2O4/c1-20(2)16-29(34)33(30-27-12-10-26(31(35)37-5)18-25(27)14-15-32-30)19-22-6-8-23(9-7-22)24-11-13-28(36-4)21(3)17-24/h6-15,17-18,20H,16,19H2,1-5H3. The number of carbonyl (C=O) groups excluding carboxylic acids is 2. The van der Waals surface area contributed by atoms with Crippen LogP contribution in [-0.2, 0) is 16.1 Å². The Hall–Kier alpha value is -4.19. The largest absolute Gasteiger partial charge is 0.496 e. The summed E-state index contributed by atoms with van der Waals surface area (Å²) in [5, 5.41) is 1.62. The lowest BCUT2D eigenvalue weighted by Crippen LogP contribution is -2.32. The molecular weight excluding hydrogens is 464 g/mol. The minimum absolute atomic E-state index is 0.00176. The van der Waals surface area contributed by atoms with Gasteiger partial charge in [-0.15, -0.1) is 0 Å². The number of fused-ring (bicyclic) bond motifs is 1. The van der Waals surface area contributed by atoms with E-state index >= 15 is 0 Å². The predicted octanol–water partition coefficient (Wildman–Crippen LogP) is 6.58. The summed E-state index contributed by atoms with van der Waals surface area (Å²) in [7, 11) is 3.03. The third kappa shape index (κ3) is 5.80. The maximum absolute atomic E-state index is 13.4. The molecule has 0 N–H and O–H groups in total. The third-order valence-electron chi connectivity index (χ3n) is 6.33. The van der Waals surface area contributed by atoms with Crippen molar-refractivity contribution in [2.75, 3.05) is 19.1 Å². The molecule has 6 heteroatoms. The van der Waals surface area contributed by atoms with Gasteiger partial charge in [0.15, 0.2) is 0 Å². The SMILES string of the molecule is COC(=O)c1ccc2c(N(Cc3ccc(-c4ccc(OC)c(C)c4)cc3)C(=O)CC(C)C)nccc2c1. The second-order valence-electron chi connectivity index (χ2n) is 9.52. The maximum atomic E-state index is 13.4. The molecule has 0 unspecified atom stereocenters. The zero-order chi connectivity index (χ0) is 26.5. The van der Waals surface area contributed by atoms with Gasteiger partial charge >= 0.3 is 5.97 Å². The van der Waals surface area contributed by atoms with Gasteiger partial charge in [-0.25, -0.2) is 9.78 Å². The number of carbonyl (C=O) groups is 2. The van der Waals surface area contributed by atoms with Crippen LogP contribution in [0.3, 0.4) is 0 Å². The molecule has 3 aromatic carbocycles. The van der Waals surface area contributed by atoms with E-state index in [0.29, 0.717) is 24.3 Å². The molecule has 0 saturated heterocycles. The Bertz CT molecular complexity index is 1430. The van der Waals surface area contributed by atoms with Crippen LogP contribution in [0.2, 0.25) is 0 Å². The van der Waals surface area contributed by atoms with Crippen LogP contribution < -0.4 is 9.64 Å². The molecular formula is C31H32N2O4. The first-order valence-corrected chi connectivity index (χ1v) is 12.3. The molecule has 0 aliphatic carbocycles. The fraction of sp³-hybridized carbons (Fsp3) is 0.258. The van der Waals surface area contributed by atoms with Crippen LogP contribution >= 0.6 is 0 Å². The molecule has 0 bridgehead atoms. The molecule has 0 saturated carbocycles. The Balaban J connectivity index is 1.68. The minimum Gasteiger partial charge on any atom is -0.496 e. The maximum Gasteiger partial charge on any atom is 0.337 e. The highest BCUT2D eigenvalue weighted by Crippen LogP contribution is 2.30. The molecule has 0 aliphatic heterocycles. The number of methoxy groups -OCH3 is 2. The van der Waals surface area contributed by atoms with Gasteiger partial charge in [0.05, 0.1) is 26.3 Å². The second kappa shape index (κ2) is 11.2. The van der Waals surface area contributed by atoms with E-state index in [0.717, 1.165) is 38.8 Å². The zero-order valence-electron chi connectivity index (χ0n) is 21.9. The first kappa shape index (κ1) is 25.9. The van der Waals surface area contributed by atoms with Crippen molar-refractivity contribution < 1.29 is 19.1 Å². The third-order valence-corrected chi connectivity index (χ3v) is 6.33. The lowest BCUT2D eigenvalue weighted by atomic mass is 10.0. The van der Waals surface area contributed by atoms with Crippen molar-refractivity contribution in [3.8, 4) is 16.9 Å². The van der Waals surface area contributed by atoms with Crippen LogP contribution in [0, 0.1) is 12.8 Å². The lowest BCUT2D eigenvalue weighted by Gasteiger charge is -2.24. The highest BCUT2D eigenvalue weighted by atomic mass is 16.5. The molecule has 6 nitrogen and oxygen atoms in total. The number of ether oxygens (including phenoxy) is 2. The number of aromatic nitrogens is 1. The van der Waals surface area contributed by atoms with E-state index in [1.165, 1.54) is 7.11 Å². The quantitative estimate of drug-likeness (QED) is 0.258. The first-order valence-electron chi connectivity index (χ1n) is 12.3. The van der Waals surface area contributed by atoms with Crippen molar-refractivity contribution in [3.05, 3.63) is 89.6 Å². The van der Waals surface area contributed by atoms with E-state index in [1.807, 2.05) is 57.2 Å². The monoisotopic (exact) mass is 496 g/mol. The number of rotatable bonds is 8. The summed E-state index contributed by atoms with van der Waals surface area (Å²) in [6.07, 6.45) is 2.07. The first-order chi connectivity index (χ1) is 17.8. The molecule has 1 heterocycles. The summed E-state index contributed by atoms with van der Waals surface area (Å²) < 4.78 is 10.2. The summed E-state index contributed by atoms with van der Waals surface area (Å²) in [4.78, 5) is 31.8. The van der Waals surface area contributed by atoms with Gasteiger partial charge in [0.2, 0.25) is 5.91 Å². The summed E-state index contributed by atoms with van der Waals surface area (Å²) in [5.41, 5.74) is 4.72. The molecule has 0 atom stereocenters. The molecule has 1 amide bonds. The average Bonchev–Trinajstić information content (AvgIpc) is 2.90. The van der Waals surface area contributed by atoms with Crippen molar-refractivity contribution in [1.29, 1.82) is 0 Å². The van der Waals surface area contributed by atoms with Crippen LogP contribution in [0.15, 0.2) is 72.9 Å². The van der Waals surface area contributed by atoms with Crippen LogP contribution in [0.25, 0.3) is 21.9 Å². The number of hydrogen-bond acceptors (Lipinski definition) is 5. The number of amides is 1. The summed E-state index contributed by atoms with van der Waals surface area (Å²) >= 11 is 0. The van der Waals surface area contributed by atoms with Gasteiger partial charge in [-0.3, -0.25) is 9.69 Å². The number of esters is 1. The highest BCUT2D eigenvalue weighted by molar-refractivity contribution is 6.04. The van der Waals surface area contributed by atoms with Gasteiger partial charge in [-0.2, -0.15) is 0 Å². The lowest BCUT2D eigenvalue weighted by molar-refractivity contribution is -0.119. The smallest absolute Gasteiger partial charge is 0.337 e. The molecule has 0 aliphatic rings. The number of nitrogens with zero attached hydrogens (tertiary/aromatic N) is 2. The Morgan fingerprint density at radius 3 is 2.30 bits per heavy atom. The normalized spacial score (nSPS) is 11.0. The Labute approximate surface area is 217 Å². The number of pyridine rings is 1. The fourth-order valence-electron chi connectivity index (χ4n) is 4.41. The molecule has 0 spiro atoms. The van der Waals surface area contributed by atoms with E-state index < -0.39 is 5.97 Å². The van der Waals surface area contributed by atoms with E-state index in [2.05, 4.69) is 23.2 Å². The summed E-state index contributed by atoms with van der Waals surface area (Å²) in [6.45, 7) is 6.47. The summed E-state index contributed by atoms with van der Waals surface area (Å²) in [5.74, 6) is 1.24. The molecule has 4 aromatic rings. The van der Waals surface area contributed by atoms with Crippen molar-refractivity contribution >= 4 is 28.5 Å². The minimum atomic E-state index is -0.403. The molecule has 1 aromatic heterocycles. The van der Waals surface area contributed by atoms with E-state index in [1.54, 1.807) is 30.3 Å². The van der Waals surface area contributed by atoms with Gasteiger partial charge in [0.1, 0.15) is 11.6 Å². The molecule has 0 radical (unpaired) electrons. The second-order valence-corrected chi connectivity index (χ2v) is 9.52. The van der Waals surface area contributed by atoms with Gasteiger partial charge in [0.25, 0.3) is 0 Å². The van der Waals surface area contributed by atoms with E-state index in [-0.39, 0.29) is 11.8 Å². The van der Waals surface area contributed by atoms with Gasteiger partial charge < -0.3 is 9.47 Å². The molecule has 4 rings (SSSR count). The summed E-state index contributed by atoms with van der Waals surface area (Å²) in [6, 6.07) is 21.5. The van der Waals surface area contributed by atoms with Crippen LogP contribution in [0.4, 0.5) is 5.82 Å². The van der Waals surface area contributed by atoms with Crippen molar-refractivity contribution in [1.82, 2.24) is 4.98 Å². The zero-order valence-corrected chi connectivity index (χ0v) is 21.9. The van der Waals surface area contributed by atoms with E-state index in [4.69, 9.17) is 9.47 Å². The number of anilines is 1. The average molecular weight is 497 g/mol. The van der Waals surface area contributed by atoms with Crippen LogP contribution in [0.1, 0.15) is 41.8 Å². The van der Waals surface area contributed by atoms with E-state index in [9.17, 15) is 9.59 Å². The number of aryl methyl sites for hydroxylation is 1. The number of hydrogen-bond donors (Lipinski definition) is 0. The van der Waals surface area contributed by atoms with Crippen molar-refractivity contribution in [2.45, 2.75) is 33.7 Å². The van der Waals surface area contributed by atoms with Gasteiger partial charge in [-0.1, -0.05) is 44.2 Å². The van der Waals surface area contributed by atoms with Crippen molar-refractivity contribution in [3.63, 3.8) is 0 Å². The van der Waals surface area contributed by atoms with Crippen LogP contribution in [-0.4, -0.2) is 31.1 Å². The molecule has 37 heavy (non-hydrogen) atoms. The van der Waals surface area contributed by atoms with Gasteiger partial charge in [-0.05, 0) is 76.9 Å².